The Morgan fingerprint density at radius 3 is 1.63 bits per heavy atom. The van der Waals surface area contributed by atoms with Gasteiger partial charge in [0, 0.05) is 22.7 Å². The average molecular weight is 283 g/mol. The van der Waals surface area contributed by atoms with Gasteiger partial charge in [0.15, 0.2) is 0 Å². The van der Waals surface area contributed by atoms with Crippen molar-refractivity contribution >= 4 is 17.0 Å². The fourth-order valence-corrected chi connectivity index (χ4v) is 2.15. The van der Waals surface area contributed by atoms with Gasteiger partial charge < -0.3 is 4.74 Å². The van der Waals surface area contributed by atoms with Crippen LogP contribution < -0.4 is 4.74 Å². The summed E-state index contributed by atoms with van der Waals surface area (Å²) in [4.78, 5) is 11.2. The van der Waals surface area contributed by atoms with E-state index in [0.717, 1.165) is 16.7 Å². The Balaban J connectivity index is 3.63. The summed E-state index contributed by atoms with van der Waals surface area (Å²) in [6, 6.07) is 4.12. The molecule has 0 N–H and O–H groups in total. The first kappa shape index (κ1) is 16.0. The van der Waals surface area contributed by atoms with Crippen LogP contribution in [0.5, 0.6) is 5.75 Å². The molecule has 2 nitrogen and oxygen atoms in total. The molecule has 0 radical (unpaired) electrons. The normalized spacial score (nSPS) is 12.4. The average Bonchev–Trinajstić information content (AvgIpc) is 2.16. The molecule has 1 aromatic carbocycles. The molecule has 0 aliphatic heterocycles. The Labute approximate surface area is 121 Å². The minimum Gasteiger partial charge on any atom is -0.414 e. The van der Waals surface area contributed by atoms with Crippen molar-refractivity contribution in [2.45, 2.75) is 59.3 Å². The largest absolute Gasteiger partial charge is 0.414 e. The fourth-order valence-electron chi connectivity index (χ4n) is 2.08. The number of hydrogen-bond donors (Lipinski definition) is 0. The van der Waals surface area contributed by atoms with Crippen LogP contribution in [0.15, 0.2) is 12.1 Å². The second-order valence-electron chi connectivity index (χ2n) is 7.03. The molecule has 0 fully saturated rings. The maximum Gasteiger partial charge on any atom is 0.409 e. The van der Waals surface area contributed by atoms with Crippen molar-refractivity contribution in [2.75, 3.05) is 0 Å². The lowest BCUT2D eigenvalue weighted by molar-refractivity contribution is 0.223. The van der Waals surface area contributed by atoms with E-state index in [-0.39, 0.29) is 10.8 Å². The molecule has 0 saturated carbocycles. The molecule has 0 unspecified atom stereocenters. The number of benzene rings is 1. The first-order valence-corrected chi connectivity index (χ1v) is 6.83. The van der Waals surface area contributed by atoms with Crippen molar-refractivity contribution in [3.8, 4) is 5.75 Å². The van der Waals surface area contributed by atoms with Gasteiger partial charge in [-0.25, -0.2) is 4.79 Å². The van der Waals surface area contributed by atoms with Gasteiger partial charge in [-0.3, -0.25) is 0 Å². The maximum absolute atomic E-state index is 11.2. The van der Waals surface area contributed by atoms with Gasteiger partial charge in [0.25, 0.3) is 0 Å². The van der Waals surface area contributed by atoms with E-state index in [1.807, 2.05) is 0 Å². The summed E-state index contributed by atoms with van der Waals surface area (Å²) in [6.45, 7) is 14.6. The smallest absolute Gasteiger partial charge is 0.409 e. The minimum atomic E-state index is -0.792. The van der Waals surface area contributed by atoms with Crippen LogP contribution in [0.2, 0.25) is 0 Å². The van der Waals surface area contributed by atoms with E-state index in [9.17, 15) is 4.79 Å². The Hall–Kier alpha value is -1.02. The van der Waals surface area contributed by atoms with Gasteiger partial charge >= 0.3 is 5.43 Å². The van der Waals surface area contributed by atoms with Crippen LogP contribution in [-0.2, 0) is 10.8 Å². The van der Waals surface area contributed by atoms with Crippen molar-refractivity contribution in [2.24, 2.45) is 0 Å². The topological polar surface area (TPSA) is 26.3 Å². The summed E-state index contributed by atoms with van der Waals surface area (Å²) in [5, 5.41) is 0. The first-order chi connectivity index (χ1) is 8.43. The molecule has 0 atom stereocenters. The lowest BCUT2D eigenvalue weighted by atomic mass is 9.78. The number of aryl methyl sites for hydroxylation is 1. The van der Waals surface area contributed by atoms with Gasteiger partial charge in [0.1, 0.15) is 5.75 Å². The van der Waals surface area contributed by atoms with E-state index in [0.29, 0.717) is 5.75 Å². The quantitative estimate of drug-likeness (QED) is 0.651. The number of ether oxygens (including phenoxy) is 1. The Morgan fingerprint density at radius 2 is 1.37 bits per heavy atom. The van der Waals surface area contributed by atoms with Crippen LogP contribution in [0.25, 0.3) is 0 Å². The molecule has 106 valence electrons. The van der Waals surface area contributed by atoms with Crippen molar-refractivity contribution in [1.82, 2.24) is 0 Å². The lowest BCUT2D eigenvalue weighted by Crippen LogP contribution is -2.20. The SMILES string of the molecule is Cc1cc(C(C)(C)C)c(OC(=O)Cl)c(C(C)(C)C)c1. The molecule has 0 spiro atoms. The molecule has 0 aromatic heterocycles. The second kappa shape index (κ2) is 5.16. The van der Waals surface area contributed by atoms with E-state index in [2.05, 4.69) is 60.6 Å². The zero-order chi connectivity index (χ0) is 15.0. The molecule has 3 heteroatoms. The van der Waals surface area contributed by atoms with E-state index < -0.39 is 5.43 Å². The van der Waals surface area contributed by atoms with Crippen LogP contribution in [0, 0.1) is 6.92 Å². The van der Waals surface area contributed by atoms with Gasteiger partial charge in [-0.05, 0) is 17.8 Å². The lowest BCUT2D eigenvalue weighted by Gasteiger charge is -2.29. The van der Waals surface area contributed by atoms with Gasteiger partial charge in [-0.1, -0.05) is 59.2 Å². The minimum absolute atomic E-state index is 0.117. The highest BCUT2D eigenvalue weighted by Gasteiger charge is 2.28. The summed E-state index contributed by atoms with van der Waals surface area (Å²) < 4.78 is 5.31. The van der Waals surface area contributed by atoms with Crippen LogP contribution in [0.3, 0.4) is 0 Å². The van der Waals surface area contributed by atoms with Gasteiger partial charge in [0.2, 0.25) is 0 Å². The number of rotatable bonds is 1. The van der Waals surface area contributed by atoms with Crippen LogP contribution in [0.4, 0.5) is 4.79 Å². The highest BCUT2D eigenvalue weighted by atomic mass is 35.5. The summed E-state index contributed by atoms with van der Waals surface area (Å²) >= 11 is 5.44. The van der Waals surface area contributed by atoms with Crippen LogP contribution in [-0.4, -0.2) is 5.43 Å². The van der Waals surface area contributed by atoms with Crippen molar-refractivity contribution in [3.05, 3.63) is 28.8 Å². The highest BCUT2D eigenvalue weighted by Crippen LogP contribution is 2.40. The third kappa shape index (κ3) is 3.97. The molecule has 0 bridgehead atoms. The molecule has 1 aromatic rings. The molecule has 0 aliphatic carbocycles. The highest BCUT2D eigenvalue weighted by molar-refractivity contribution is 6.61. The number of hydrogen-bond acceptors (Lipinski definition) is 2. The third-order valence-corrected chi connectivity index (χ3v) is 3.11. The van der Waals surface area contributed by atoms with Crippen molar-refractivity contribution in [3.63, 3.8) is 0 Å². The van der Waals surface area contributed by atoms with E-state index >= 15 is 0 Å². The molecular weight excluding hydrogens is 260 g/mol. The Morgan fingerprint density at radius 1 is 1.00 bits per heavy atom. The van der Waals surface area contributed by atoms with Gasteiger partial charge in [-0.15, -0.1) is 0 Å². The van der Waals surface area contributed by atoms with Crippen LogP contribution >= 0.6 is 11.6 Å². The molecule has 0 heterocycles. The van der Waals surface area contributed by atoms with Crippen LogP contribution in [0.1, 0.15) is 58.2 Å². The zero-order valence-corrected chi connectivity index (χ0v) is 13.6. The van der Waals surface area contributed by atoms with Gasteiger partial charge in [-0.2, -0.15) is 0 Å². The second-order valence-corrected chi connectivity index (χ2v) is 7.34. The van der Waals surface area contributed by atoms with E-state index in [1.54, 1.807) is 0 Å². The molecule has 0 amide bonds. The first-order valence-electron chi connectivity index (χ1n) is 6.46. The van der Waals surface area contributed by atoms with E-state index in [1.165, 1.54) is 0 Å². The standard InChI is InChI=1S/C16H23ClO2/c1-10-8-11(15(2,3)4)13(19-14(17)18)12(9-10)16(5,6)7/h8-9H,1-7H3. The summed E-state index contributed by atoms with van der Waals surface area (Å²) in [5.41, 5.74) is 2.14. The predicted octanol–water partition coefficient (Wildman–Crippen LogP) is 5.33. The van der Waals surface area contributed by atoms with Crippen molar-refractivity contribution < 1.29 is 9.53 Å². The summed E-state index contributed by atoms with van der Waals surface area (Å²) in [6.07, 6.45) is 0. The number of carbonyl (C=O) groups excluding carboxylic acids is 1. The summed E-state index contributed by atoms with van der Waals surface area (Å²) in [7, 11) is 0. The summed E-state index contributed by atoms with van der Waals surface area (Å²) in [5.74, 6) is 0.602. The predicted molar refractivity (Wildman–Crippen MR) is 80.5 cm³/mol. The number of carbonyl (C=O) groups is 1. The number of halogens is 1. The third-order valence-electron chi connectivity index (χ3n) is 3.03. The Bertz CT molecular complexity index is 455. The fraction of sp³-hybridized carbons (Fsp3) is 0.562. The van der Waals surface area contributed by atoms with Crippen molar-refractivity contribution in [1.29, 1.82) is 0 Å². The zero-order valence-electron chi connectivity index (χ0n) is 12.8. The van der Waals surface area contributed by atoms with E-state index in [4.69, 9.17) is 16.3 Å². The molecule has 19 heavy (non-hydrogen) atoms. The molecule has 0 saturated heterocycles. The Kier molecular flexibility index (Phi) is 4.36. The molecule has 0 aliphatic rings. The molecule has 1 rings (SSSR count). The maximum atomic E-state index is 11.2. The van der Waals surface area contributed by atoms with Gasteiger partial charge in [0.05, 0.1) is 0 Å². The molecular formula is C16H23ClO2. The monoisotopic (exact) mass is 282 g/mol.